The number of carbonyl (C=O) groups is 1. The second-order valence-corrected chi connectivity index (χ2v) is 5.32. The Hall–Kier alpha value is -2.82. The fourth-order valence-corrected chi connectivity index (χ4v) is 2.40. The SMILES string of the molecule is CCc1cccc(CC)c1NC(=O)CO/N=C(/N)c1ccccc1. The van der Waals surface area contributed by atoms with Gasteiger partial charge < -0.3 is 15.9 Å². The van der Waals surface area contributed by atoms with Crippen molar-refractivity contribution in [1.29, 1.82) is 0 Å². The monoisotopic (exact) mass is 325 g/mol. The molecule has 0 bridgehead atoms. The number of aryl methyl sites for hydroxylation is 2. The first-order valence-corrected chi connectivity index (χ1v) is 8.07. The summed E-state index contributed by atoms with van der Waals surface area (Å²) in [6, 6.07) is 15.3. The van der Waals surface area contributed by atoms with Crippen molar-refractivity contribution in [2.45, 2.75) is 26.7 Å². The van der Waals surface area contributed by atoms with Crippen LogP contribution in [0.4, 0.5) is 5.69 Å². The summed E-state index contributed by atoms with van der Waals surface area (Å²) < 4.78 is 0. The minimum atomic E-state index is -0.254. The predicted molar refractivity (Wildman–Crippen MR) is 96.9 cm³/mol. The number of carbonyl (C=O) groups excluding carboxylic acids is 1. The van der Waals surface area contributed by atoms with Crippen LogP contribution in [0.3, 0.4) is 0 Å². The van der Waals surface area contributed by atoms with Crippen LogP contribution in [0, 0.1) is 0 Å². The maximum absolute atomic E-state index is 12.1. The normalized spacial score (nSPS) is 11.2. The molecule has 5 heteroatoms. The van der Waals surface area contributed by atoms with Crippen molar-refractivity contribution in [1.82, 2.24) is 0 Å². The molecule has 0 aromatic heterocycles. The van der Waals surface area contributed by atoms with E-state index >= 15 is 0 Å². The van der Waals surface area contributed by atoms with Gasteiger partial charge in [-0.3, -0.25) is 4.79 Å². The van der Waals surface area contributed by atoms with Crippen molar-refractivity contribution in [3.63, 3.8) is 0 Å². The summed E-state index contributed by atoms with van der Waals surface area (Å²) in [5, 5.41) is 6.72. The molecule has 0 fully saturated rings. The van der Waals surface area contributed by atoms with Crippen LogP contribution in [0.25, 0.3) is 0 Å². The highest BCUT2D eigenvalue weighted by Crippen LogP contribution is 2.22. The summed E-state index contributed by atoms with van der Waals surface area (Å²) in [6.45, 7) is 3.94. The Kier molecular flexibility index (Phi) is 6.37. The van der Waals surface area contributed by atoms with Gasteiger partial charge in [-0.1, -0.05) is 67.5 Å². The number of benzene rings is 2. The van der Waals surface area contributed by atoms with E-state index in [9.17, 15) is 4.79 Å². The van der Waals surface area contributed by atoms with Crippen LogP contribution in [-0.4, -0.2) is 18.3 Å². The molecule has 2 aromatic rings. The van der Waals surface area contributed by atoms with Gasteiger partial charge in [-0.25, -0.2) is 0 Å². The molecule has 0 aliphatic carbocycles. The molecule has 3 N–H and O–H groups in total. The van der Waals surface area contributed by atoms with E-state index in [1.54, 1.807) is 0 Å². The number of nitrogens with two attached hydrogens (primary N) is 1. The van der Waals surface area contributed by atoms with Crippen molar-refractivity contribution < 1.29 is 9.63 Å². The molecule has 0 atom stereocenters. The molecule has 0 spiro atoms. The predicted octanol–water partition coefficient (Wildman–Crippen LogP) is 3.09. The zero-order valence-electron chi connectivity index (χ0n) is 14.1. The van der Waals surface area contributed by atoms with E-state index in [2.05, 4.69) is 24.3 Å². The molecule has 2 aromatic carbocycles. The van der Waals surface area contributed by atoms with E-state index in [0.717, 1.165) is 35.2 Å². The lowest BCUT2D eigenvalue weighted by Crippen LogP contribution is -2.20. The van der Waals surface area contributed by atoms with Crippen molar-refractivity contribution in [2.24, 2.45) is 10.9 Å². The number of oxime groups is 1. The Morgan fingerprint density at radius 2 is 1.67 bits per heavy atom. The van der Waals surface area contributed by atoms with Crippen LogP contribution >= 0.6 is 0 Å². The summed E-state index contributed by atoms with van der Waals surface area (Å²) in [5.41, 5.74) is 9.66. The van der Waals surface area contributed by atoms with Crippen LogP contribution in [-0.2, 0) is 22.5 Å². The fraction of sp³-hybridized carbons (Fsp3) is 0.263. The van der Waals surface area contributed by atoms with Gasteiger partial charge in [0, 0.05) is 11.3 Å². The van der Waals surface area contributed by atoms with Crippen LogP contribution < -0.4 is 11.1 Å². The lowest BCUT2D eigenvalue weighted by molar-refractivity contribution is -0.120. The molecular formula is C19H23N3O2. The van der Waals surface area contributed by atoms with E-state index in [1.807, 2.05) is 48.5 Å². The highest BCUT2D eigenvalue weighted by molar-refractivity contribution is 5.97. The molecule has 0 unspecified atom stereocenters. The van der Waals surface area contributed by atoms with Gasteiger partial charge in [-0.2, -0.15) is 0 Å². The van der Waals surface area contributed by atoms with Crippen molar-refractivity contribution in [3.05, 3.63) is 65.2 Å². The van der Waals surface area contributed by atoms with Crippen LogP contribution in [0.15, 0.2) is 53.7 Å². The molecule has 5 nitrogen and oxygen atoms in total. The topological polar surface area (TPSA) is 76.7 Å². The largest absolute Gasteiger partial charge is 0.384 e. The first-order valence-electron chi connectivity index (χ1n) is 8.07. The van der Waals surface area contributed by atoms with Crippen molar-refractivity contribution in [3.8, 4) is 0 Å². The van der Waals surface area contributed by atoms with Crippen LogP contribution in [0.5, 0.6) is 0 Å². The Morgan fingerprint density at radius 1 is 1.04 bits per heavy atom. The molecular weight excluding hydrogens is 302 g/mol. The molecule has 0 aliphatic rings. The van der Waals surface area contributed by atoms with Gasteiger partial charge in [-0.05, 0) is 24.0 Å². The number of amides is 1. The summed E-state index contributed by atoms with van der Waals surface area (Å²) in [6.07, 6.45) is 1.70. The van der Waals surface area contributed by atoms with Gasteiger partial charge in [0.05, 0.1) is 0 Å². The number of nitrogens with zero attached hydrogens (tertiary/aromatic N) is 1. The Morgan fingerprint density at radius 3 is 2.25 bits per heavy atom. The quantitative estimate of drug-likeness (QED) is 0.466. The highest BCUT2D eigenvalue weighted by Gasteiger charge is 2.10. The first kappa shape index (κ1) is 17.5. The zero-order chi connectivity index (χ0) is 17.4. The van der Waals surface area contributed by atoms with E-state index < -0.39 is 0 Å². The summed E-state index contributed by atoms with van der Waals surface area (Å²) in [5.74, 6) is -0.0122. The summed E-state index contributed by atoms with van der Waals surface area (Å²) >= 11 is 0. The third kappa shape index (κ3) is 4.59. The molecule has 1 amide bonds. The molecule has 0 heterocycles. The molecule has 24 heavy (non-hydrogen) atoms. The van der Waals surface area contributed by atoms with Gasteiger partial charge in [-0.15, -0.1) is 0 Å². The van der Waals surface area contributed by atoms with E-state index in [1.165, 1.54) is 0 Å². The molecule has 0 saturated heterocycles. The maximum atomic E-state index is 12.1. The third-order valence-electron chi connectivity index (χ3n) is 3.69. The number of amidine groups is 1. The van der Waals surface area contributed by atoms with E-state index in [0.29, 0.717) is 0 Å². The number of rotatable bonds is 7. The summed E-state index contributed by atoms with van der Waals surface area (Å²) in [4.78, 5) is 17.2. The zero-order valence-corrected chi connectivity index (χ0v) is 14.1. The molecule has 0 aliphatic heterocycles. The smallest absolute Gasteiger partial charge is 0.265 e. The Labute approximate surface area is 142 Å². The van der Waals surface area contributed by atoms with Gasteiger partial charge in [0.1, 0.15) is 0 Å². The molecule has 2 rings (SSSR count). The maximum Gasteiger partial charge on any atom is 0.265 e. The van der Waals surface area contributed by atoms with Crippen LogP contribution in [0.1, 0.15) is 30.5 Å². The van der Waals surface area contributed by atoms with E-state index in [4.69, 9.17) is 10.6 Å². The standard InChI is InChI=1S/C19H23N3O2/c1-3-14-11-8-12-15(4-2)18(14)21-17(23)13-24-22-19(20)16-9-6-5-7-10-16/h5-12H,3-4,13H2,1-2H3,(H2,20,22)(H,21,23). The minimum Gasteiger partial charge on any atom is -0.384 e. The molecule has 0 radical (unpaired) electrons. The lowest BCUT2D eigenvalue weighted by atomic mass is 10.0. The van der Waals surface area contributed by atoms with Gasteiger partial charge in [0.25, 0.3) is 5.91 Å². The number of anilines is 1. The Balaban J connectivity index is 1.97. The van der Waals surface area contributed by atoms with Gasteiger partial charge >= 0.3 is 0 Å². The van der Waals surface area contributed by atoms with Gasteiger partial charge in [0.15, 0.2) is 12.4 Å². The number of hydrogen-bond donors (Lipinski definition) is 2. The van der Waals surface area contributed by atoms with Crippen LogP contribution in [0.2, 0.25) is 0 Å². The van der Waals surface area contributed by atoms with Gasteiger partial charge in [0.2, 0.25) is 0 Å². The second kappa shape index (κ2) is 8.72. The summed E-state index contributed by atoms with van der Waals surface area (Å²) in [7, 11) is 0. The molecule has 126 valence electrons. The number of nitrogens with one attached hydrogen (secondary N) is 1. The number of para-hydroxylation sites is 1. The Bertz CT molecular complexity index is 690. The third-order valence-corrected chi connectivity index (χ3v) is 3.69. The van der Waals surface area contributed by atoms with E-state index in [-0.39, 0.29) is 18.3 Å². The molecule has 0 saturated carbocycles. The minimum absolute atomic E-state index is 0.186. The highest BCUT2D eigenvalue weighted by atomic mass is 16.6. The average Bonchev–Trinajstić information content (AvgIpc) is 2.62. The van der Waals surface area contributed by atoms with Crippen molar-refractivity contribution >= 4 is 17.4 Å². The van der Waals surface area contributed by atoms with Crippen molar-refractivity contribution in [2.75, 3.05) is 11.9 Å². The fourth-order valence-electron chi connectivity index (χ4n) is 2.40. The number of hydrogen-bond acceptors (Lipinski definition) is 3. The average molecular weight is 325 g/mol. The lowest BCUT2D eigenvalue weighted by Gasteiger charge is -2.14. The first-order chi connectivity index (χ1) is 11.7. The second-order valence-electron chi connectivity index (χ2n) is 5.32.